The van der Waals surface area contributed by atoms with Gasteiger partial charge in [0.25, 0.3) is 0 Å². The van der Waals surface area contributed by atoms with E-state index < -0.39 is 0 Å². The van der Waals surface area contributed by atoms with Crippen LogP contribution in [-0.4, -0.2) is 34.1 Å². The smallest absolute Gasteiger partial charge is 0.225 e. The lowest BCUT2D eigenvalue weighted by Crippen LogP contribution is -2.35. The van der Waals surface area contributed by atoms with Gasteiger partial charge in [-0.25, -0.2) is 15.0 Å². The summed E-state index contributed by atoms with van der Waals surface area (Å²) < 4.78 is 0. The summed E-state index contributed by atoms with van der Waals surface area (Å²) >= 11 is 1.71. The Labute approximate surface area is 134 Å². The Morgan fingerprint density at radius 3 is 3.00 bits per heavy atom. The number of hydrogen-bond acceptors (Lipinski definition) is 6. The van der Waals surface area contributed by atoms with Crippen molar-refractivity contribution >= 4 is 17.3 Å². The van der Waals surface area contributed by atoms with Gasteiger partial charge in [0.1, 0.15) is 5.01 Å². The van der Waals surface area contributed by atoms with E-state index in [2.05, 4.69) is 20.2 Å². The largest absolute Gasteiger partial charge is 0.341 e. The van der Waals surface area contributed by atoms with Gasteiger partial charge in [-0.2, -0.15) is 0 Å². The maximum absolute atomic E-state index is 4.82. The zero-order valence-corrected chi connectivity index (χ0v) is 13.5. The van der Waals surface area contributed by atoms with Crippen molar-refractivity contribution in [1.29, 1.82) is 0 Å². The molecule has 0 radical (unpaired) electrons. The Bertz CT molecular complexity index is 621. The monoisotopic (exact) mass is 315 g/mol. The molecule has 3 heterocycles. The molecule has 0 saturated carbocycles. The van der Waals surface area contributed by atoms with Crippen molar-refractivity contribution in [1.82, 2.24) is 20.3 Å². The molecule has 4 rings (SSSR count). The minimum Gasteiger partial charge on any atom is -0.341 e. The number of nitrogens with one attached hydrogen (secondary N) is 1. The van der Waals surface area contributed by atoms with Crippen LogP contribution in [0.25, 0.3) is 0 Å². The number of aryl methyl sites for hydroxylation is 1. The first-order valence-corrected chi connectivity index (χ1v) is 8.98. The highest BCUT2D eigenvalue weighted by atomic mass is 32.1. The molecule has 6 heteroatoms. The third-order valence-corrected chi connectivity index (χ3v) is 5.33. The quantitative estimate of drug-likeness (QED) is 0.937. The van der Waals surface area contributed by atoms with Crippen LogP contribution in [0.4, 0.5) is 5.95 Å². The number of anilines is 1. The minimum absolute atomic E-state index is 0.512. The van der Waals surface area contributed by atoms with E-state index in [1.165, 1.54) is 24.1 Å². The van der Waals surface area contributed by atoms with Crippen molar-refractivity contribution < 1.29 is 0 Å². The number of aromatic nitrogens is 3. The molecule has 0 unspecified atom stereocenters. The highest BCUT2D eigenvalue weighted by Crippen LogP contribution is 2.23. The maximum atomic E-state index is 4.82. The van der Waals surface area contributed by atoms with Gasteiger partial charge in [-0.15, -0.1) is 11.3 Å². The van der Waals surface area contributed by atoms with Gasteiger partial charge in [0.05, 0.1) is 0 Å². The first-order valence-electron chi connectivity index (χ1n) is 8.10. The molecule has 1 saturated heterocycles. The summed E-state index contributed by atoms with van der Waals surface area (Å²) in [4.78, 5) is 16.1. The Balaban J connectivity index is 1.40. The zero-order chi connectivity index (χ0) is 14.8. The summed E-state index contributed by atoms with van der Waals surface area (Å²) in [5.41, 5.74) is 2.56. The van der Waals surface area contributed by atoms with Gasteiger partial charge in [-0.1, -0.05) is 0 Å². The fraction of sp³-hybridized carbons (Fsp3) is 0.562. The molecule has 5 nitrogen and oxygen atoms in total. The van der Waals surface area contributed by atoms with Crippen molar-refractivity contribution in [3.63, 3.8) is 0 Å². The van der Waals surface area contributed by atoms with E-state index in [0.29, 0.717) is 6.04 Å². The van der Waals surface area contributed by atoms with Crippen molar-refractivity contribution in [3.8, 4) is 0 Å². The fourth-order valence-corrected chi connectivity index (χ4v) is 3.88. The van der Waals surface area contributed by atoms with Gasteiger partial charge in [0.2, 0.25) is 5.95 Å². The van der Waals surface area contributed by atoms with E-state index in [4.69, 9.17) is 4.98 Å². The van der Waals surface area contributed by atoms with Gasteiger partial charge in [-0.05, 0) is 37.7 Å². The second-order valence-electron chi connectivity index (χ2n) is 6.08. The molecule has 1 aliphatic carbocycles. The summed E-state index contributed by atoms with van der Waals surface area (Å²) in [6.45, 7) is 3.08. The molecule has 1 fully saturated rings. The molecule has 0 bridgehead atoms. The van der Waals surface area contributed by atoms with Gasteiger partial charge in [0.15, 0.2) is 0 Å². The molecular formula is C16H21N5S. The SMILES string of the molecule is c1csc(CN[C@H]2CCc3nc(N4CCCC4)ncc3C2)n1. The van der Waals surface area contributed by atoms with Gasteiger partial charge >= 0.3 is 0 Å². The second kappa shape index (κ2) is 6.30. The summed E-state index contributed by atoms with van der Waals surface area (Å²) in [5.74, 6) is 0.936. The van der Waals surface area contributed by atoms with Crippen LogP contribution in [0.3, 0.4) is 0 Å². The molecule has 2 aromatic heterocycles. The molecule has 0 aromatic carbocycles. The van der Waals surface area contributed by atoms with E-state index in [1.807, 2.05) is 17.8 Å². The lowest BCUT2D eigenvalue weighted by molar-refractivity contribution is 0.451. The van der Waals surface area contributed by atoms with Crippen molar-refractivity contribution in [2.24, 2.45) is 0 Å². The van der Waals surface area contributed by atoms with Crippen LogP contribution in [0.2, 0.25) is 0 Å². The van der Waals surface area contributed by atoms with E-state index >= 15 is 0 Å². The van der Waals surface area contributed by atoms with E-state index in [-0.39, 0.29) is 0 Å². The fourth-order valence-electron chi connectivity index (χ4n) is 3.31. The van der Waals surface area contributed by atoms with Crippen LogP contribution in [0.5, 0.6) is 0 Å². The van der Waals surface area contributed by atoms with Gasteiger partial charge in [-0.3, -0.25) is 0 Å². The Hall–Kier alpha value is -1.53. The Kier molecular flexibility index (Phi) is 4.03. The van der Waals surface area contributed by atoms with E-state index in [1.54, 1.807) is 11.3 Å². The van der Waals surface area contributed by atoms with E-state index in [9.17, 15) is 0 Å². The average Bonchev–Trinajstić information content (AvgIpc) is 3.25. The van der Waals surface area contributed by atoms with Crippen LogP contribution in [0.1, 0.15) is 35.5 Å². The molecular weight excluding hydrogens is 294 g/mol. The van der Waals surface area contributed by atoms with Crippen LogP contribution >= 0.6 is 11.3 Å². The molecule has 116 valence electrons. The van der Waals surface area contributed by atoms with Crippen LogP contribution in [0.15, 0.2) is 17.8 Å². The van der Waals surface area contributed by atoms with Crippen molar-refractivity contribution in [3.05, 3.63) is 34.0 Å². The number of hydrogen-bond donors (Lipinski definition) is 1. The number of rotatable bonds is 4. The first kappa shape index (κ1) is 14.1. The topological polar surface area (TPSA) is 53.9 Å². The van der Waals surface area contributed by atoms with Crippen LogP contribution in [-0.2, 0) is 19.4 Å². The predicted molar refractivity (Wildman–Crippen MR) is 88.2 cm³/mol. The number of fused-ring (bicyclic) bond motifs is 1. The molecule has 1 aliphatic heterocycles. The number of thiazole rings is 1. The normalized spacial score (nSPS) is 21.1. The van der Waals surface area contributed by atoms with Crippen molar-refractivity contribution in [2.75, 3.05) is 18.0 Å². The molecule has 2 aromatic rings. The Morgan fingerprint density at radius 2 is 2.18 bits per heavy atom. The maximum Gasteiger partial charge on any atom is 0.225 e. The van der Waals surface area contributed by atoms with Gasteiger partial charge < -0.3 is 10.2 Å². The molecule has 1 atom stereocenters. The molecule has 22 heavy (non-hydrogen) atoms. The molecule has 1 N–H and O–H groups in total. The Morgan fingerprint density at radius 1 is 1.27 bits per heavy atom. The molecule has 0 spiro atoms. The van der Waals surface area contributed by atoms with Gasteiger partial charge in [0, 0.05) is 49.1 Å². The summed E-state index contributed by atoms with van der Waals surface area (Å²) in [7, 11) is 0. The highest BCUT2D eigenvalue weighted by Gasteiger charge is 2.22. The predicted octanol–water partition coefficient (Wildman–Crippen LogP) is 2.18. The zero-order valence-electron chi connectivity index (χ0n) is 12.7. The highest BCUT2D eigenvalue weighted by molar-refractivity contribution is 7.09. The third-order valence-electron chi connectivity index (χ3n) is 4.55. The number of nitrogens with zero attached hydrogens (tertiary/aromatic N) is 4. The first-order chi connectivity index (χ1) is 10.9. The third kappa shape index (κ3) is 2.98. The van der Waals surface area contributed by atoms with Crippen LogP contribution in [0, 0.1) is 0 Å². The molecule has 0 amide bonds. The standard InChI is InChI=1S/C16H21N5S/c1-2-7-21(6-1)16-19-10-12-9-13(3-4-14(12)20-16)18-11-15-17-5-8-22-15/h5,8,10,13,18H,1-4,6-7,9,11H2/t13-/m0/s1. The average molecular weight is 315 g/mol. The summed E-state index contributed by atoms with van der Waals surface area (Å²) in [5, 5.41) is 6.80. The second-order valence-corrected chi connectivity index (χ2v) is 7.06. The molecule has 2 aliphatic rings. The summed E-state index contributed by atoms with van der Waals surface area (Å²) in [6.07, 6.45) is 9.68. The van der Waals surface area contributed by atoms with Crippen LogP contribution < -0.4 is 10.2 Å². The van der Waals surface area contributed by atoms with E-state index in [0.717, 1.165) is 49.9 Å². The lowest BCUT2D eigenvalue weighted by atomic mass is 9.93. The minimum atomic E-state index is 0.512. The summed E-state index contributed by atoms with van der Waals surface area (Å²) in [6, 6.07) is 0.512. The lowest BCUT2D eigenvalue weighted by Gasteiger charge is -2.25. The van der Waals surface area contributed by atoms with Crippen molar-refractivity contribution in [2.45, 2.75) is 44.7 Å².